The molecule has 0 bridgehead atoms. The molecule has 0 aromatic carbocycles. The lowest BCUT2D eigenvalue weighted by molar-refractivity contribution is -0.141. The first-order chi connectivity index (χ1) is 9.29. The van der Waals surface area contributed by atoms with E-state index in [0.717, 1.165) is 12.3 Å². The molecule has 0 unspecified atom stereocenters. The van der Waals surface area contributed by atoms with Crippen LogP contribution in [-0.4, -0.2) is 36.4 Å². The van der Waals surface area contributed by atoms with E-state index in [9.17, 15) is 18.0 Å². The number of nitrogens with one attached hydrogen (secondary N) is 1. The number of carbonyl (C=O) groups is 1. The van der Waals surface area contributed by atoms with Crippen LogP contribution in [0.5, 0.6) is 0 Å². The summed E-state index contributed by atoms with van der Waals surface area (Å²) in [6.07, 6.45) is -0.263. The van der Waals surface area contributed by atoms with Gasteiger partial charge in [-0.25, -0.2) is 0 Å². The summed E-state index contributed by atoms with van der Waals surface area (Å²) in [5.74, 6) is -0.299. The molecule has 0 atom stereocenters. The van der Waals surface area contributed by atoms with Crippen molar-refractivity contribution in [3.8, 4) is 0 Å². The lowest BCUT2D eigenvalue weighted by atomic mass is 10.2. The van der Waals surface area contributed by atoms with E-state index in [0.29, 0.717) is 12.1 Å². The highest BCUT2D eigenvalue weighted by Crippen LogP contribution is 2.27. The van der Waals surface area contributed by atoms with Gasteiger partial charge in [-0.3, -0.25) is 9.78 Å². The van der Waals surface area contributed by atoms with Crippen molar-refractivity contribution in [2.75, 3.05) is 20.6 Å². The van der Waals surface area contributed by atoms with Gasteiger partial charge in [-0.1, -0.05) is 12.1 Å². The first kappa shape index (κ1) is 16.2. The van der Waals surface area contributed by atoms with Crippen molar-refractivity contribution < 1.29 is 18.0 Å². The second-order valence-corrected chi connectivity index (χ2v) is 4.43. The molecule has 1 aromatic rings. The van der Waals surface area contributed by atoms with E-state index in [1.165, 1.54) is 12.1 Å². The third kappa shape index (κ3) is 5.83. The van der Waals surface area contributed by atoms with Crippen molar-refractivity contribution >= 4 is 5.91 Å². The van der Waals surface area contributed by atoms with E-state index in [2.05, 4.69) is 10.3 Å². The zero-order valence-corrected chi connectivity index (χ0v) is 11.2. The van der Waals surface area contributed by atoms with Crippen molar-refractivity contribution in [2.24, 2.45) is 0 Å². The zero-order chi connectivity index (χ0) is 15.2. The molecule has 20 heavy (non-hydrogen) atoms. The number of alkyl halides is 3. The Morgan fingerprint density at radius 3 is 2.60 bits per heavy atom. The highest BCUT2D eigenvalue weighted by Gasteiger charge is 2.31. The quantitative estimate of drug-likeness (QED) is 0.840. The summed E-state index contributed by atoms with van der Waals surface area (Å²) < 4.78 is 36.9. The highest BCUT2D eigenvalue weighted by atomic mass is 19.4. The Morgan fingerprint density at radius 2 is 2.10 bits per heavy atom. The van der Waals surface area contributed by atoms with Crippen LogP contribution in [0.4, 0.5) is 13.2 Å². The summed E-state index contributed by atoms with van der Waals surface area (Å²) in [5.41, 5.74) is -0.439. The first-order valence-corrected chi connectivity index (χ1v) is 5.90. The van der Waals surface area contributed by atoms with Crippen LogP contribution in [0.2, 0.25) is 0 Å². The Hall–Kier alpha value is -1.89. The largest absolute Gasteiger partial charge is 0.433 e. The van der Waals surface area contributed by atoms with Gasteiger partial charge in [-0.2, -0.15) is 13.2 Å². The average molecular weight is 287 g/mol. The number of carbonyl (C=O) groups excluding carboxylic acids is 1. The maximum absolute atomic E-state index is 12.3. The van der Waals surface area contributed by atoms with Crippen LogP contribution in [0.15, 0.2) is 30.5 Å². The molecule has 0 saturated heterocycles. The third-order valence-corrected chi connectivity index (χ3v) is 2.32. The number of amides is 1. The molecule has 7 heteroatoms. The van der Waals surface area contributed by atoms with Crippen LogP contribution in [-0.2, 0) is 17.5 Å². The summed E-state index contributed by atoms with van der Waals surface area (Å²) in [6, 6.07) is 2.18. The number of likely N-dealkylation sites (N-methyl/N-ethyl adjacent to an activating group) is 1. The Morgan fingerprint density at radius 1 is 1.40 bits per heavy atom. The molecule has 4 nitrogen and oxygen atoms in total. The second kappa shape index (κ2) is 7.04. The highest BCUT2D eigenvalue weighted by molar-refractivity contribution is 5.87. The minimum absolute atomic E-state index is 0.135. The van der Waals surface area contributed by atoms with Gasteiger partial charge in [-0.05, 0) is 25.7 Å². The molecule has 1 rings (SSSR count). The van der Waals surface area contributed by atoms with Gasteiger partial charge in [0.25, 0.3) is 0 Å². The third-order valence-electron chi connectivity index (χ3n) is 2.32. The van der Waals surface area contributed by atoms with E-state index >= 15 is 0 Å². The minimum Gasteiger partial charge on any atom is -0.348 e. The number of rotatable bonds is 5. The van der Waals surface area contributed by atoms with Crippen LogP contribution < -0.4 is 5.32 Å². The SMILES string of the molecule is CN(C)C/C=C/C(=O)NCc1ccc(C(F)(F)F)nc1. The summed E-state index contributed by atoms with van der Waals surface area (Å²) in [5, 5.41) is 2.57. The summed E-state index contributed by atoms with van der Waals surface area (Å²) in [7, 11) is 3.74. The molecule has 0 aliphatic rings. The maximum atomic E-state index is 12.3. The number of aromatic nitrogens is 1. The molecular formula is C13H16F3N3O. The van der Waals surface area contributed by atoms with E-state index < -0.39 is 11.9 Å². The van der Waals surface area contributed by atoms with Crippen LogP contribution >= 0.6 is 0 Å². The van der Waals surface area contributed by atoms with Crippen LogP contribution in [0, 0.1) is 0 Å². The summed E-state index contributed by atoms with van der Waals surface area (Å²) in [4.78, 5) is 16.6. The number of nitrogens with zero attached hydrogens (tertiary/aromatic N) is 2. The van der Waals surface area contributed by atoms with Crippen molar-refractivity contribution in [1.82, 2.24) is 15.2 Å². The molecule has 0 spiro atoms. The molecule has 1 N–H and O–H groups in total. The Bertz CT molecular complexity index is 467. The van der Waals surface area contributed by atoms with Crippen molar-refractivity contribution in [3.05, 3.63) is 41.7 Å². The minimum atomic E-state index is -4.45. The van der Waals surface area contributed by atoms with Gasteiger partial charge in [0, 0.05) is 25.4 Å². The molecule has 0 fully saturated rings. The standard InChI is InChI=1S/C13H16F3N3O/c1-19(2)7-3-4-12(20)18-9-10-5-6-11(17-8-10)13(14,15)16/h3-6,8H,7,9H2,1-2H3,(H,18,20)/b4-3+. The van der Waals surface area contributed by atoms with Gasteiger partial charge in [0.1, 0.15) is 5.69 Å². The molecule has 110 valence electrons. The fourth-order valence-corrected chi connectivity index (χ4v) is 1.32. The van der Waals surface area contributed by atoms with Crippen LogP contribution in [0.1, 0.15) is 11.3 Å². The number of hydrogen-bond donors (Lipinski definition) is 1. The predicted molar refractivity (Wildman–Crippen MR) is 68.8 cm³/mol. The maximum Gasteiger partial charge on any atom is 0.433 e. The summed E-state index contributed by atoms with van der Waals surface area (Å²) >= 11 is 0. The molecule has 0 aliphatic carbocycles. The number of hydrogen-bond acceptors (Lipinski definition) is 3. The van der Waals surface area contributed by atoms with Gasteiger partial charge in [0.05, 0.1) is 0 Å². The van der Waals surface area contributed by atoms with Gasteiger partial charge in [0.2, 0.25) is 5.91 Å². The predicted octanol–water partition coefficient (Wildman–Crippen LogP) is 1.83. The Balaban J connectivity index is 2.46. The van der Waals surface area contributed by atoms with E-state index in [-0.39, 0.29) is 12.5 Å². The van der Waals surface area contributed by atoms with Crippen molar-refractivity contribution in [1.29, 1.82) is 0 Å². The fraction of sp³-hybridized carbons (Fsp3) is 0.385. The number of pyridine rings is 1. The van der Waals surface area contributed by atoms with Gasteiger partial charge in [-0.15, -0.1) is 0 Å². The molecule has 1 amide bonds. The topological polar surface area (TPSA) is 45.2 Å². The average Bonchev–Trinajstić information content (AvgIpc) is 2.35. The normalized spacial score (nSPS) is 12.1. The van der Waals surface area contributed by atoms with E-state index in [1.807, 2.05) is 19.0 Å². The first-order valence-electron chi connectivity index (χ1n) is 5.90. The molecule has 0 radical (unpaired) electrons. The van der Waals surface area contributed by atoms with Gasteiger partial charge in [0.15, 0.2) is 0 Å². The molecular weight excluding hydrogens is 271 g/mol. The lowest BCUT2D eigenvalue weighted by Crippen LogP contribution is -2.21. The Kier molecular flexibility index (Phi) is 5.69. The van der Waals surface area contributed by atoms with E-state index in [1.54, 1.807) is 6.08 Å². The van der Waals surface area contributed by atoms with Gasteiger partial charge < -0.3 is 10.2 Å². The lowest BCUT2D eigenvalue weighted by Gasteiger charge is -2.07. The van der Waals surface area contributed by atoms with Crippen molar-refractivity contribution in [2.45, 2.75) is 12.7 Å². The van der Waals surface area contributed by atoms with Gasteiger partial charge >= 0.3 is 6.18 Å². The monoisotopic (exact) mass is 287 g/mol. The summed E-state index contributed by atoms with van der Waals surface area (Å²) in [6.45, 7) is 0.769. The smallest absolute Gasteiger partial charge is 0.348 e. The van der Waals surface area contributed by atoms with Crippen LogP contribution in [0.3, 0.4) is 0 Å². The molecule has 0 aliphatic heterocycles. The Labute approximate surface area is 115 Å². The zero-order valence-electron chi connectivity index (χ0n) is 11.2. The molecule has 0 saturated carbocycles. The van der Waals surface area contributed by atoms with Crippen molar-refractivity contribution in [3.63, 3.8) is 0 Å². The molecule has 1 heterocycles. The second-order valence-electron chi connectivity index (χ2n) is 4.43. The fourth-order valence-electron chi connectivity index (χ4n) is 1.32. The molecule has 1 aromatic heterocycles. The number of halogens is 3. The van der Waals surface area contributed by atoms with E-state index in [4.69, 9.17) is 0 Å². The van der Waals surface area contributed by atoms with Crippen LogP contribution in [0.25, 0.3) is 0 Å².